The lowest BCUT2D eigenvalue weighted by molar-refractivity contribution is 0.207. The predicted molar refractivity (Wildman–Crippen MR) is 41.4 cm³/mol. The molecule has 0 atom stereocenters. The van der Waals surface area contributed by atoms with Crippen LogP contribution in [0.3, 0.4) is 0 Å². The molecule has 0 aromatic carbocycles. The maximum absolute atomic E-state index is 5.43. The molecule has 1 aliphatic rings. The summed E-state index contributed by atoms with van der Waals surface area (Å²) >= 11 is 0. The van der Waals surface area contributed by atoms with E-state index in [0.29, 0.717) is 5.41 Å². The van der Waals surface area contributed by atoms with E-state index in [2.05, 4.69) is 12.2 Å². The fourth-order valence-corrected chi connectivity index (χ4v) is 0.696. The van der Waals surface area contributed by atoms with Crippen LogP contribution in [-0.2, 0) is 0 Å². The molecule has 0 radical (unpaired) electrons. The molecule has 2 nitrogen and oxygen atoms in total. The summed E-state index contributed by atoms with van der Waals surface area (Å²) in [7, 11) is 0. The van der Waals surface area contributed by atoms with Crippen LogP contribution in [0, 0.1) is 5.41 Å². The van der Waals surface area contributed by atoms with Gasteiger partial charge in [0, 0.05) is 25.0 Å². The Morgan fingerprint density at radius 3 is 1.89 bits per heavy atom. The van der Waals surface area contributed by atoms with Crippen molar-refractivity contribution < 1.29 is 0 Å². The Kier molecular flexibility index (Phi) is 3.82. The molecule has 2 heteroatoms. The third kappa shape index (κ3) is 2.33. The van der Waals surface area contributed by atoms with Gasteiger partial charge in [0.2, 0.25) is 0 Å². The first-order chi connectivity index (χ1) is 4.27. The van der Waals surface area contributed by atoms with Gasteiger partial charge in [0.25, 0.3) is 0 Å². The Labute approximate surface area is 57.8 Å². The van der Waals surface area contributed by atoms with Crippen molar-refractivity contribution in [3.05, 3.63) is 0 Å². The summed E-state index contributed by atoms with van der Waals surface area (Å²) in [5.41, 5.74) is 5.86. The molecule has 0 spiro atoms. The highest BCUT2D eigenvalue weighted by molar-refractivity contribution is 4.88. The molecule has 0 aromatic heterocycles. The van der Waals surface area contributed by atoms with Gasteiger partial charge in [-0.25, -0.2) is 0 Å². The lowest BCUT2D eigenvalue weighted by atomic mass is 9.85. The zero-order chi connectivity index (χ0) is 7.33. The van der Waals surface area contributed by atoms with E-state index in [1.165, 1.54) is 0 Å². The van der Waals surface area contributed by atoms with E-state index in [4.69, 9.17) is 5.73 Å². The zero-order valence-corrected chi connectivity index (χ0v) is 6.70. The third-order valence-corrected chi connectivity index (χ3v) is 1.60. The highest BCUT2D eigenvalue weighted by Crippen LogP contribution is 2.17. The molecule has 1 rings (SSSR count). The molecule has 1 saturated heterocycles. The van der Waals surface area contributed by atoms with Crippen molar-refractivity contribution >= 4 is 0 Å². The van der Waals surface area contributed by atoms with E-state index in [1.54, 1.807) is 0 Å². The summed E-state index contributed by atoms with van der Waals surface area (Å²) in [5.74, 6) is 0. The molecule has 0 saturated carbocycles. The molecule has 0 bridgehead atoms. The summed E-state index contributed by atoms with van der Waals surface area (Å²) in [6.45, 7) is 9.22. The molecule has 3 N–H and O–H groups in total. The molecule has 9 heavy (non-hydrogen) atoms. The van der Waals surface area contributed by atoms with E-state index in [1.807, 2.05) is 13.8 Å². The quantitative estimate of drug-likeness (QED) is 0.545. The van der Waals surface area contributed by atoms with Crippen molar-refractivity contribution in [2.45, 2.75) is 20.8 Å². The van der Waals surface area contributed by atoms with E-state index in [9.17, 15) is 0 Å². The minimum absolute atomic E-state index is 0.431. The van der Waals surface area contributed by atoms with Crippen LogP contribution in [0.15, 0.2) is 0 Å². The maximum Gasteiger partial charge on any atom is 0.00467 e. The van der Waals surface area contributed by atoms with E-state index < -0.39 is 0 Å². The van der Waals surface area contributed by atoms with Crippen LogP contribution in [0.1, 0.15) is 20.8 Å². The van der Waals surface area contributed by atoms with Crippen LogP contribution in [-0.4, -0.2) is 19.6 Å². The van der Waals surface area contributed by atoms with Crippen molar-refractivity contribution in [3.63, 3.8) is 0 Å². The van der Waals surface area contributed by atoms with Crippen LogP contribution in [0.4, 0.5) is 0 Å². The molecular formula is C7H18N2. The van der Waals surface area contributed by atoms with E-state index in [0.717, 1.165) is 19.6 Å². The first kappa shape index (κ1) is 8.92. The number of rotatable bonds is 1. The summed E-state index contributed by atoms with van der Waals surface area (Å²) in [4.78, 5) is 0. The molecule has 0 aliphatic carbocycles. The molecule has 1 heterocycles. The second-order valence-electron chi connectivity index (χ2n) is 2.62. The summed E-state index contributed by atoms with van der Waals surface area (Å²) in [6.07, 6.45) is 0. The zero-order valence-electron chi connectivity index (χ0n) is 6.70. The molecule has 56 valence electrons. The van der Waals surface area contributed by atoms with E-state index in [-0.39, 0.29) is 0 Å². The summed E-state index contributed by atoms with van der Waals surface area (Å²) in [6, 6.07) is 0. The average molecular weight is 130 g/mol. The second kappa shape index (κ2) is 3.85. The van der Waals surface area contributed by atoms with Gasteiger partial charge in [-0.2, -0.15) is 0 Å². The SMILES string of the molecule is CC.CC1(CN)CNC1. The van der Waals surface area contributed by atoms with E-state index >= 15 is 0 Å². The standard InChI is InChI=1S/C5H12N2.C2H6/c1-5(2-6)3-7-4-5;1-2/h7H,2-4,6H2,1H3;1-2H3. The van der Waals surface area contributed by atoms with Gasteiger partial charge in [0.05, 0.1) is 0 Å². The third-order valence-electron chi connectivity index (χ3n) is 1.60. The molecule has 0 unspecified atom stereocenters. The second-order valence-corrected chi connectivity index (χ2v) is 2.62. The largest absolute Gasteiger partial charge is 0.330 e. The van der Waals surface area contributed by atoms with Gasteiger partial charge in [0.15, 0.2) is 0 Å². The Morgan fingerprint density at radius 2 is 1.89 bits per heavy atom. The highest BCUT2D eigenvalue weighted by atomic mass is 15.0. The van der Waals surface area contributed by atoms with Crippen LogP contribution in [0.2, 0.25) is 0 Å². The first-order valence-corrected chi connectivity index (χ1v) is 3.68. The van der Waals surface area contributed by atoms with Crippen molar-refractivity contribution in [2.24, 2.45) is 11.1 Å². The number of hydrogen-bond donors (Lipinski definition) is 2. The smallest absolute Gasteiger partial charge is 0.00467 e. The normalized spacial score (nSPS) is 21.3. The van der Waals surface area contributed by atoms with Crippen molar-refractivity contribution in [1.82, 2.24) is 5.32 Å². The summed E-state index contributed by atoms with van der Waals surface area (Å²) < 4.78 is 0. The lowest BCUT2D eigenvalue weighted by Gasteiger charge is -2.37. The minimum atomic E-state index is 0.431. The Morgan fingerprint density at radius 1 is 1.44 bits per heavy atom. The Bertz CT molecular complexity index is 61.8. The topological polar surface area (TPSA) is 38.0 Å². The van der Waals surface area contributed by atoms with Gasteiger partial charge in [-0.15, -0.1) is 0 Å². The van der Waals surface area contributed by atoms with Crippen molar-refractivity contribution in [2.75, 3.05) is 19.6 Å². The Hall–Kier alpha value is -0.0800. The minimum Gasteiger partial charge on any atom is -0.330 e. The highest BCUT2D eigenvalue weighted by Gasteiger charge is 2.29. The Balaban J connectivity index is 0.000000291. The average Bonchev–Trinajstić information content (AvgIpc) is 1.88. The van der Waals surface area contributed by atoms with Gasteiger partial charge in [-0.1, -0.05) is 20.8 Å². The fourth-order valence-electron chi connectivity index (χ4n) is 0.696. The molecule has 0 amide bonds. The maximum atomic E-state index is 5.43. The predicted octanol–water partition coefficient (Wildman–Crippen LogP) is 0.581. The summed E-state index contributed by atoms with van der Waals surface area (Å²) in [5, 5.41) is 3.17. The van der Waals surface area contributed by atoms with Crippen molar-refractivity contribution in [3.8, 4) is 0 Å². The molecular weight excluding hydrogens is 112 g/mol. The van der Waals surface area contributed by atoms with Gasteiger partial charge < -0.3 is 11.1 Å². The first-order valence-electron chi connectivity index (χ1n) is 3.68. The van der Waals surface area contributed by atoms with Crippen LogP contribution >= 0.6 is 0 Å². The lowest BCUT2D eigenvalue weighted by Crippen LogP contribution is -2.55. The number of nitrogens with one attached hydrogen (secondary N) is 1. The number of hydrogen-bond acceptors (Lipinski definition) is 2. The fraction of sp³-hybridized carbons (Fsp3) is 1.00. The molecule has 1 aliphatic heterocycles. The van der Waals surface area contributed by atoms with Gasteiger partial charge in [0.1, 0.15) is 0 Å². The van der Waals surface area contributed by atoms with Gasteiger partial charge in [-0.05, 0) is 0 Å². The molecule has 0 aromatic rings. The van der Waals surface area contributed by atoms with Gasteiger partial charge >= 0.3 is 0 Å². The molecule has 1 fully saturated rings. The number of nitrogens with two attached hydrogens (primary N) is 1. The van der Waals surface area contributed by atoms with Crippen LogP contribution in [0.25, 0.3) is 0 Å². The van der Waals surface area contributed by atoms with Crippen molar-refractivity contribution in [1.29, 1.82) is 0 Å². The van der Waals surface area contributed by atoms with Gasteiger partial charge in [-0.3, -0.25) is 0 Å². The van der Waals surface area contributed by atoms with Crippen LogP contribution < -0.4 is 11.1 Å². The van der Waals surface area contributed by atoms with Crippen LogP contribution in [0.5, 0.6) is 0 Å². The monoisotopic (exact) mass is 130 g/mol.